The van der Waals surface area contributed by atoms with Crippen molar-refractivity contribution in [2.75, 3.05) is 9.80 Å². The lowest BCUT2D eigenvalue weighted by Gasteiger charge is -2.53. The third-order valence-corrected chi connectivity index (χ3v) is 15.7. The van der Waals surface area contributed by atoms with Crippen molar-refractivity contribution in [2.45, 2.75) is 171 Å². The standard InChI is InChI=1S/C59H79BN2/c1-54(2,3)38-18-20-41(21-19-38)59(16,17)44-36-51-53-52(37-44)62(46-30-24-40(25-31-46)56(7,8)9)50-33-27-43(58(13,14)15)35-48(50)60(53)47-34-42(57(10,11)12)26-32-49(47)61(51)45-28-22-39(23-29-45)55(4,5)6/h18,20-24,26-30,32-38,40,46-47,49H,19,25,31H2,1-17H3. The first-order valence-electron chi connectivity index (χ1n) is 24.2. The van der Waals surface area contributed by atoms with Crippen LogP contribution in [0.15, 0.2) is 114 Å². The van der Waals surface area contributed by atoms with Gasteiger partial charge >= 0.3 is 0 Å². The van der Waals surface area contributed by atoms with Crippen molar-refractivity contribution in [2.24, 2.45) is 28.1 Å². The van der Waals surface area contributed by atoms with Crippen LogP contribution in [0.5, 0.6) is 0 Å². The Morgan fingerprint density at radius 2 is 1.11 bits per heavy atom. The second-order valence-corrected chi connectivity index (χ2v) is 25.6. The molecule has 0 N–H and O–H groups in total. The molecule has 5 aliphatic rings. The molecule has 3 aromatic rings. The molecule has 2 aliphatic heterocycles. The monoisotopic (exact) mass is 827 g/mol. The average molecular weight is 827 g/mol. The van der Waals surface area contributed by atoms with Crippen LogP contribution in [-0.4, -0.2) is 18.8 Å². The van der Waals surface area contributed by atoms with E-state index in [1.54, 1.807) is 0 Å². The SMILES string of the molecule is CC(C)(C)C1=CC2B3c4cc(C(C)(C)C)ccc4N(C4C=CC(C(C)(C)C)CC4)c4cc(C(C)(C)C5=CCC(C(C)(C)C)C=C5)cc(c43)N(c3ccc(C(C)(C)C)cc3)C2C=C1. The van der Waals surface area contributed by atoms with Crippen molar-refractivity contribution in [3.05, 3.63) is 131 Å². The van der Waals surface area contributed by atoms with E-state index in [1.165, 1.54) is 67.9 Å². The van der Waals surface area contributed by atoms with Crippen LogP contribution in [0.25, 0.3) is 0 Å². The van der Waals surface area contributed by atoms with Crippen molar-refractivity contribution >= 4 is 40.4 Å². The van der Waals surface area contributed by atoms with E-state index in [9.17, 15) is 0 Å². The minimum atomic E-state index is -0.206. The van der Waals surface area contributed by atoms with Gasteiger partial charge in [0.2, 0.25) is 6.71 Å². The molecule has 5 unspecified atom stereocenters. The fourth-order valence-corrected chi connectivity index (χ4v) is 11.2. The molecule has 0 saturated heterocycles. The van der Waals surface area contributed by atoms with Crippen molar-refractivity contribution < 1.29 is 0 Å². The summed E-state index contributed by atoms with van der Waals surface area (Å²) >= 11 is 0. The summed E-state index contributed by atoms with van der Waals surface area (Å²) < 4.78 is 0. The Labute approximate surface area is 378 Å². The highest BCUT2D eigenvalue weighted by Gasteiger charge is 2.51. The second kappa shape index (κ2) is 15.1. The Bertz CT molecular complexity index is 2360. The Balaban J connectivity index is 1.44. The van der Waals surface area contributed by atoms with E-state index < -0.39 is 0 Å². The van der Waals surface area contributed by atoms with E-state index in [2.05, 4.69) is 231 Å². The fraction of sp³-hybridized carbons (Fsp3) is 0.525. The zero-order valence-corrected chi connectivity index (χ0v) is 41.8. The molecule has 0 fully saturated rings. The topological polar surface area (TPSA) is 6.48 Å². The van der Waals surface area contributed by atoms with Gasteiger partial charge in [-0.1, -0.05) is 191 Å². The van der Waals surface area contributed by atoms with Gasteiger partial charge in [0, 0.05) is 28.2 Å². The van der Waals surface area contributed by atoms with Crippen LogP contribution < -0.4 is 20.7 Å². The highest BCUT2D eigenvalue weighted by Crippen LogP contribution is 2.52. The number of hydrogen-bond acceptors (Lipinski definition) is 2. The lowest BCUT2D eigenvalue weighted by atomic mass is 9.28. The molecule has 2 heterocycles. The van der Waals surface area contributed by atoms with Crippen molar-refractivity contribution in [3.8, 4) is 0 Å². The number of allylic oxidation sites excluding steroid dienone is 7. The van der Waals surface area contributed by atoms with E-state index in [-0.39, 0.29) is 57.1 Å². The van der Waals surface area contributed by atoms with Gasteiger partial charge in [-0.15, -0.1) is 0 Å². The van der Waals surface area contributed by atoms with Gasteiger partial charge < -0.3 is 9.80 Å². The summed E-state index contributed by atoms with van der Waals surface area (Å²) in [5, 5.41) is 0. The number of hydrogen-bond donors (Lipinski definition) is 0. The lowest BCUT2D eigenvalue weighted by Crippen LogP contribution is -2.63. The fourth-order valence-electron chi connectivity index (χ4n) is 11.2. The maximum Gasteiger partial charge on any atom is 0.226 e. The third kappa shape index (κ3) is 7.96. The van der Waals surface area contributed by atoms with E-state index in [4.69, 9.17) is 0 Å². The molecule has 0 bridgehead atoms. The predicted molar refractivity (Wildman–Crippen MR) is 273 cm³/mol. The number of benzene rings is 3. The average Bonchev–Trinajstić information content (AvgIpc) is 3.18. The van der Waals surface area contributed by atoms with Crippen LogP contribution in [0.2, 0.25) is 5.82 Å². The maximum atomic E-state index is 2.81. The van der Waals surface area contributed by atoms with E-state index >= 15 is 0 Å². The molecule has 328 valence electrons. The molecule has 3 aliphatic carbocycles. The normalized spacial score (nSPS) is 24.1. The molecule has 0 amide bonds. The number of rotatable bonds is 4. The minimum Gasteiger partial charge on any atom is -0.335 e. The summed E-state index contributed by atoms with van der Waals surface area (Å²) in [5.41, 5.74) is 15.9. The Morgan fingerprint density at radius 3 is 1.65 bits per heavy atom. The van der Waals surface area contributed by atoms with Gasteiger partial charge in [0.1, 0.15) is 0 Å². The highest BCUT2D eigenvalue weighted by molar-refractivity contribution is 6.91. The van der Waals surface area contributed by atoms with Gasteiger partial charge in [-0.2, -0.15) is 0 Å². The zero-order chi connectivity index (χ0) is 45.1. The second-order valence-electron chi connectivity index (χ2n) is 25.6. The van der Waals surface area contributed by atoms with Crippen LogP contribution in [0.1, 0.15) is 154 Å². The minimum absolute atomic E-state index is 0.0303. The molecule has 62 heavy (non-hydrogen) atoms. The number of nitrogens with zero attached hydrogens (tertiary/aromatic N) is 2. The van der Waals surface area contributed by atoms with Crippen molar-refractivity contribution in [3.63, 3.8) is 0 Å². The molecule has 3 aromatic carbocycles. The summed E-state index contributed by atoms with van der Waals surface area (Å²) in [6.07, 6.45) is 23.8. The van der Waals surface area contributed by atoms with Crippen LogP contribution in [0.4, 0.5) is 22.7 Å². The molecule has 3 heteroatoms. The third-order valence-electron chi connectivity index (χ3n) is 15.7. The van der Waals surface area contributed by atoms with Crippen LogP contribution in [0.3, 0.4) is 0 Å². The van der Waals surface area contributed by atoms with E-state index in [0.29, 0.717) is 11.8 Å². The lowest BCUT2D eigenvalue weighted by molar-refractivity contribution is 0.262. The summed E-state index contributed by atoms with van der Waals surface area (Å²) in [6.45, 7) is 40.8. The van der Waals surface area contributed by atoms with Gasteiger partial charge in [-0.25, -0.2) is 0 Å². The van der Waals surface area contributed by atoms with Crippen LogP contribution in [0, 0.1) is 28.1 Å². The van der Waals surface area contributed by atoms with E-state index in [1.807, 2.05) is 0 Å². The number of fused-ring (bicyclic) bond motifs is 4. The largest absolute Gasteiger partial charge is 0.335 e. The van der Waals surface area contributed by atoms with Gasteiger partial charge in [0.15, 0.2) is 0 Å². The smallest absolute Gasteiger partial charge is 0.226 e. The summed E-state index contributed by atoms with van der Waals surface area (Å²) in [7, 11) is 0. The molecular weight excluding hydrogens is 747 g/mol. The van der Waals surface area contributed by atoms with Crippen LogP contribution in [-0.2, 0) is 16.2 Å². The first-order valence-corrected chi connectivity index (χ1v) is 24.2. The molecule has 2 nitrogen and oxygen atoms in total. The number of anilines is 4. The molecule has 0 saturated carbocycles. The molecule has 5 atom stereocenters. The maximum absolute atomic E-state index is 2.81. The van der Waals surface area contributed by atoms with Crippen molar-refractivity contribution in [1.82, 2.24) is 0 Å². The van der Waals surface area contributed by atoms with Gasteiger partial charge in [0.05, 0.1) is 12.1 Å². The Morgan fingerprint density at radius 1 is 0.516 bits per heavy atom. The zero-order valence-electron chi connectivity index (χ0n) is 41.8. The predicted octanol–water partition coefficient (Wildman–Crippen LogP) is 15.0. The molecule has 0 aromatic heterocycles. The van der Waals surface area contributed by atoms with Crippen molar-refractivity contribution in [1.29, 1.82) is 0 Å². The first kappa shape index (κ1) is 44.6. The highest BCUT2D eigenvalue weighted by atomic mass is 15.2. The van der Waals surface area contributed by atoms with E-state index in [0.717, 1.165) is 12.8 Å². The molecular formula is C59H79BN2. The Hall–Kier alpha value is -3.98. The summed E-state index contributed by atoms with van der Waals surface area (Å²) in [6, 6.07) is 22.9. The Kier molecular flexibility index (Phi) is 10.8. The van der Waals surface area contributed by atoms with Crippen LogP contribution >= 0.6 is 0 Å². The van der Waals surface area contributed by atoms with Gasteiger partial charge in [0.25, 0.3) is 0 Å². The molecule has 8 rings (SSSR count). The summed E-state index contributed by atoms with van der Waals surface area (Å²) in [4.78, 5) is 5.56. The summed E-state index contributed by atoms with van der Waals surface area (Å²) in [5.74, 6) is 1.37. The first-order chi connectivity index (χ1) is 28.7. The van der Waals surface area contributed by atoms with Gasteiger partial charge in [-0.05, 0) is 133 Å². The quantitative estimate of drug-likeness (QED) is 0.191. The van der Waals surface area contributed by atoms with Gasteiger partial charge in [-0.3, -0.25) is 0 Å². The molecule has 0 spiro atoms. The molecule has 0 radical (unpaired) electrons.